The first-order valence-corrected chi connectivity index (χ1v) is 6.92. The fraction of sp³-hybridized carbons (Fsp3) is 0.455. The van der Waals surface area contributed by atoms with Gasteiger partial charge in [-0.1, -0.05) is 0 Å². The maximum atomic E-state index is 12.4. The van der Waals surface area contributed by atoms with Crippen LogP contribution in [0.25, 0.3) is 0 Å². The van der Waals surface area contributed by atoms with Gasteiger partial charge < -0.3 is 5.32 Å². The van der Waals surface area contributed by atoms with Gasteiger partial charge in [-0.25, -0.2) is 8.42 Å². The summed E-state index contributed by atoms with van der Waals surface area (Å²) in [5.74, 6) is 0. The van der Waals surface area contributed by atoms with Crippen LogP contribution < -0.4 is 5.32 Å². The summed E-state index contributed by atoms with van der Waals surface area (Å²) in [6, 6.07) is 3.46. The zero-order chi connectivity index (χ0) is 14.7. The molecule has 9 heteroatoms. The number of nitrogens with zero attached hydrogens (tertiary/aromatic N) is 1. The van der Waals surface area contributed by atoms with Crippen molar-refractivity contribution in [3.05, 3.63) is 29.8 Å². The van der Waals surface area contributed by atoms with E-state index in [-0.39, 0.29) is 23.8 Å². The third kappa shape index (κ3) is 4.62. The fourth-order valence-corrected chi connectivity index (χ4v) is 2.56. The SMILES string of the molecule is CNCCN(C)S(=O)(=O)c1ccc(C(F)(F)F)cc1.Cl. The second-order valence-electron chi connectivity index (χ2n) is 3.95. The highest BCUT2D eigenvalue weighted by Crippen LogP contribution is 2.30. The van der Waals surface area contributed by atoms with E-state index in [1.165, 1.54) is 7.05 Å². The van der Waals surface area contributed by atoms with Gasteiger partial charge in [0.1, 0.15) is 0 Å². The van der Waals surface area contributed by atoms with Crippen LogP contribution in [0, 0.1) is 0 Å². The first-order chi connectivity index (χ1) is 8.69. The van der Waals surface area contributed by atoms with Gasteiger partial charge in [0.2, 0.25) is 10.0 Å². The molecule has 1 rings (SSSR count). The van der Waals surface area contributed by atoms with Crippen molar-refractivity contribution in [3.63, 3.8) is 0 Å². The number of likely N-dealkylation sites (N-methyl/N-ethyl adjacent to an activating group) is 2. The van der Waals surface area contributed by atoms with Crippen LogP contribution in [-0.2, 0) is 16.2 Å². The first-order valence-electron chi connectivity index (χ1n) is 5.48. The quantitative estimate of drug-likeness (QED) is 0.897. The van der Waals surface area contributed by atoms with E-state index in [1.807, 2.05) is 0 Å². The monoisotopic (exact) mass is 332 g/mol. The topological polar surface area (TPSA) is 49.4 Å². The average molecular weight is 333 g/mol. The van der Waals surface area contributed by atoms with E-state index in [0.29, 0.717) is 6.54 Å². The van der Waals surface area contributed by atoms with E-state index >= 15 is 0 Å². The molecule has 0 radical (unpaired) electrons. The van der Waals surface area contributed by atoms with Crippen molar-refractivity contribution in [2.45, 2.75) is 11.1 Å². The van der Waals surface area contributed by atoms with Gasteiger partial charge in [-0.15, -0.1) is 12.4 Å². The van der Waals surface area contributed by atoms with E-state index in [1.54, 1.807) is 7.05 Å². The lowest BCUT2D eigenvalue weighted by Crippen LogP contribution is -2.32. The van der Waals surface area contributed by atoms with E-state index in [9.17, 15) is 21.6 Å². The molecule has 0 spiro atoms. The van der Waals surface area contributed by atoms with Crippen LogP contribution in [0.3, 0.4) is 0 Å². The zero-order valence-corrected chi connectivity index (χ0v) is 12.6. The number of nitrogens with one attached hydrogen (secondary N) is 1. The highest BCUT2D eigenvalue weighted by atomic mass is 35.5. The average Bonchev–Trinajstić information content (AvgIpc) is 2.35. The van der Waals surface area contributed by atoms with Crippen LogP contribution in [0.4, 0.5) is 13.2 Å². The second kappa shape index (κ2) is 7.26. The molecule has 20 heavy (non-hydrogen) atoms. The molecule has 0 aromatic heterocycles. The van der Waals surface area contributed by atoms with Gasteiger partial charge >= 0.3 is 6.18 Å². The largest absolute Gasteiger partial charge is 0.416 e. The Bertz CT molecular complexity index is 517. The van der Waals surface area contributed by atoms with Gasteiger partial charge in [0.25, 0.3) is 0 Å². The third-order valence-corrected chi connectivity index (χ3v) is 4.44. The Morgan fingerprint density at radius 1 is 1.20 bits per heavy atom. The highest BCUT2D eigenvalue weighted by Gasteiger charge is 2.31. The zero-order valence-electron chi connectivity index (χ0n) is 10.9. The van der Waals surface area contributed by atoms with Crippen LogP contribution in [0.1, 0.15) is 5.56 Å². The Morgan fingerprint density at radius 3 is 2.10 bits per heavy atom. The molecule has 1 aromatic rings. The number of benzene rings is 1. The minimum atomic E-state index is -4.47. The Balaban J connectivity index is 0.00000361. The molecule has 0 saturated carbocycles. The molecule has 1 aromatic carbocycles. The van der Waals surface area contributed by atoms with E-state index in [2.05, 4.69) is 5.32 Å². The molecule has 0 heterocycles. The van der Waals surface area contributed by atoms with Gasteiger partial charge in [-0.2, -0.15) is 17.5 Å². The number of halogens is 4. The van der Waals surface area contributed by atoms with Crippen LogP contribution in [-0.4, -0.2) is 39.9 Å². The lowest BCUT2D eigenvalue weighted by Gasteiger charge is -2.17. The summed E-state index contributed by atoms with van der Waals surface area (Å²) >= 11 is 0. The van der Waals surface area contributed by atoms with Crippen LogP contribution >= 0.6 is 12.4 Å². The molecule has 116 valence electrons. The van der Waals surface area contributed by atoms with E-state index in [4.69, 9.17) is 0 Å². The Hall–Kier alpha value is -0.830. The molecule has 0 aliphatic carbocycles. The first kappa shape index (κ1) is 19.2. The Kier molecular flexibility index (Phi) is 6.96. The maximum absolute atomic E-state index is 12.4. The summed E-state index contributed by atoms with van der Waals surface area (Å²) in [5.41, 5.74) is -0.871. The molecular weight excluding hydrogens is 317 g/mol. The molecule has 0 aliphatic heterocycles. The van der Waals surface area contributed by atoms with Gasteiger partial charge in [-0.05, 0) is 31.3 Å². The summed E-state index contributed by atoms with van der Waals surface area (Å²) in [6.07, 6.45) is -4.47. The number of rotatable bonds is 5. The smallest absolute Gasteiger partial charge is 0.318 e. The summed E-state index contributed by atoms with van der Waals surface area (Å²) in [5, 5.41) is 2.80. The van der Waals surface area contributed by atoms with Gasteiger partial charge in [0, 0.05) is 20.1 Å². The van der Waals surface area contributed by atoms with Gasteiger partial charge in [0.05, 0.1) is 10.5 Å². The number of alkyl halides is 3. The Morgan fingerprint density at radius 2 is 1.70 bits per heavy atom. The predicted octanol–water partition coefficient (Wildman–Crippen LogP) is 1.97. The van der Waals surface area contributed by atoms with Crippen LogP contribution in [0.5, 0.6) is 0 Å². The highest BCUT2D eigenvalue weighted by molar-refractivity contribution is 7.89. The number of hydrogen-bond acceptors (Lipinski definition) is 3. The molecule has 0 saturated heterocycles. The second-order valence-corrected chi connectivity index (χ2v) is 6.00. The van der Waals surface area contributed by atoms with E-state index < -0.39 is 21.8 Å². The lowest BCUT2D eigenvalue weighted by molar-refractivity contribution is -0.137. The predicted molar refractivity (Wildman–Crippen MR) is 72.4 cm³/mol. The fourth-order valence-electron chi connectivity index (χ4n) is 1.39. The molecule has 0 bridgehead atoms. The summed E-state index contributed by atoms with van der Waals surface area (Å²) in [4.78, 5) is -0.154. The van der Waals surface area contributed by atoms with E-state index in [0.717, 1.165) is 28.6 Å². The third-order valence-electron chi connectivity index (χ3n) is 2.57. The van der Waals surface area contributed by atoms with Crippen molar-refractivity contribution in [2.75, 3.05) is 27.2 Å². The molecule has 1 N–H and O–H groups in total. The van der Waals surface area contributed by atoms with Crippen molar-refractivity contribution in [2.24, 2.45) is 0 Å². The maximum Gasteiger partial charge on any atom is 0.416 e. The minimum absolute atomic E-state index is 0. The standard InChI is InChI=1S/C11H15F3N2O2S.ClH/c1-15-7-8-16(2)19(17,18)10-5-3-9(4-6-10)11(12,13)14;/h3-6,15H,7-8H2,1-2H3;1H. The van der Waals surface area contributed by atoms with Gasteiger partial charge in [0.15, 0.2) is 0 Å². The summed E-state index contributed by atoms with van der Waals surface area (Å²) < 4.78 is 62.2. The van der Waals surface area contributed by atoms with Crippen molar-refractivity contribution < 1.29 is 21.6 Å². The van der Waals surface area contributed by atoms with Crippen LogP contribution in [0.2, 0.25) is 0 Å². The van der Waals surface area contributed by atoms with Gasteiger partial charge in [-0.3, -0.25) is 0 Å². The minimum Gasteiger partial charge on any atom is -0.318 e. The van der Waals surface area contributed by atoms with Crippen molar-refractivity contribution >= 4 is 22.4 Å². The summed E-state index contributed by atoms with van der Waals surface area (Å²) in [7, 11) is -0.689. The summed E-state index contributed by atoms with van der Waals surface area (Å²) in [6.45, 7) is 0.691. The molecule has 0 atom stereocenters. The normalized spacial score (nSPS) is 12.3. The lowest BCUT2D eigenvalue weighted by atomic mass is 10.2. The van der Waals surface area contributed by atoms with Crippen LogP contribution in [0.15, 0.2) is 29.2 Å². The van der Waals surface area contributed by atoms with Crippen molar-refractivity contribution in [3.8, 4) is 0 Å². The molecule has 0 amide bonds. The molecule has 0 aliphatic rings. The van der Waals surface area contributed by atoms with Crippen molar-refractivity contribution in [1.82, 2.24) is 9.62 Å². The molecule has 4 nitrogen and oxygen atoms in total. The number of hydrogen-bond donors (Lipinski definition) is 1. The molecule has 0 fully saturated rings. The molecule has 0 unspecified atom stereocenters. The molecular formula is C11H16ClF3N2O2S. The van der Waals surface area contributed by atoms with Crippen molar-refractivity contribution in [1.29, 1.82) is 0 Å². The number of sulfonamides is 1. The Labute approximate surface area is 122 Å².